The van der Waals surface area contributed by atoms with Gasteiger partial charge >= 0.3 is 0 Å². The second-order valence-electron chi connectivity index (χ2n) is 6.61. The molecule has 1 saturated heterocycles. The zero-order valence-corrected chi connectivity index (χ0v) is 19.6. The van der Waals surface area contributed by atoms with E-state index in [1.807, 2.05) is 19.1 Å². The summed E-state index contributed by atoms with van der Waals surface area (Å²) in [7, 11) is -3.98. The average Bonchev–Trinajstić information content (AvgIpc) is 2.97. The lowest BCUT2D eigenvalue weighted by atomic mass is 10.2. The van der Waals surface area contributed by atoms with Crippen LogP contribution < -0.4 is 5.32 Å². The molecule has 30 heavy (non-hydrogen) atoms. The van der Waals surface area contributed by atoms with Crippen molar-refractivity contribution in [3.8, 4) is 0 Å². The van der Waals surface area contributed by atoms with Crippen molar-refractivity contribution in [3.63, 3.8) is 0 Å². The monoisotopic (exact) mass is 509 g/mol. The molecule has 1 fully saturated rings. The van der Waals surface area contributed by atoms with Crippen molar-refractivity contribution in [2.24, 2.45) is 4.40 Å². The molecule has 1 N–H and O–H groups in total. The minimum Gasteiger partial charge on any atom is -0.326 e. The summed E-state index contributed by atoms with van der Waals surface area (Å²) in [6.07, 6.45) is -0.0781. The third-order valence-corrected chi connectivity index (χ3v) is 7.45. The Hall–Kier alpha value is -2.17. The van der Waals surface area contributed by atoms with Gasteiger partial charge in [-0.2, -0.15) is 8.42 Å². The third kappa shape index (κ3) is 5.30. The molecule has 1 aliphatic heterocycles. The molecule has 0 bridgehead atoms. The maximum absolute atomic E-state index is 12.7. The van der Waals surface area contributed by atoms with Crippen molar-refractivity contribution in [3.05, 3.63) is 58.6 Å². The van der Waals surface area contributed by atoms with Crippen LogP contribution in [0.1, 0.15) is 18.9 Å². The van der Waals surface area contributed by atoms with Crippen molar-refractivity contribution in [2.45, 2.75) is 30.4 Å². The Labute approximate surface area is 188 Å². The predicted octanol–water partition coefficient (Wildman–Crippen LogP) is 3.79. The second-order valence-corrected chi connectivity index (χ2v) is 10.3. The zero-order chi connectivity index (χ0) is 21.9. The van der Waals surface area contributed by atoms with Gasteiger partial charge in [0.2, 0.25) is 11.8 Å². The number of amidine groups is 1. The summed E-state index contributed by atoms with van der Waals surface area (Å²) in [6, 6.07) is 13.4. The van der Waals surface area contributed by atoms with Gasteiger partial charge in [-0.05, 0) is 50.2 Å². The Morgan fingerprint density at radius 1 is 1.17 bits per heavy atom. The Morgan fingerprint density at radius 3 is 2.40 bits per heavy atom. The number of halogens is 1. The van der Waals surface area contributed by atoms with E-state index >= 15 is 0 Å². The topological polar surface area (TPSA) is 95.9 Å². The summed E-state index contributed by atoms with van der Waals surface area (Å²) in [6.45, 7) is 3.94. The van der Waals surface area contributed by atoms with Crippen molar-refractivity contribution in [2.75, 3.05) is 11.9 Å². The maximum atomic E-state index is 12.7. The molecule has 1 aliphatic rings. The van der Waals surface area contributed by atoms with Crippen LogP contribution in [0.3, 0.4) is 0 Å². The molecule has 0 saturated carbocycles. The number of thioether (sulfide) groups is 1. The number of nitrogens with zero attached hydrogens (tertiary/aromatic N) is 2. The van der Waals surface area contributed by atoms with Crippen LogP contribution in [0.2, 0.25) is 0 Å². The highest BCUT2D eigenvalue weighted by Gasteiger charge is 2.39. The Kier molecular flexibility index (Phi) is 6.99. The highest BCUT2D eigenvalue weighted by Crippen LogP contribution is 2.31. The highest BCUT2D eigenvalue weighted by atomic mass is 79.9. The lowest BCUT2D eigenvalue weighted by Crippen LogP contribution is -2.33. The van der Waals surface area contributed by atoms with E-state index < -0.39 is 15.3 Å². The van der Waals surface area contributed by atoms with Crippen molar-refractivity contribution >= 4 is 60.4 Å². The number of nitrogens with one attached hydrogen (secondary N) is 1. The van der Waals surface area contributed by atoms with Gasteiger partial charge in [-0.3, -0.25) is 14.5 Å². The van der Waals surface area contributed by atoms with E-state index in [1.54, 1.807) is 31.2 Å². The molecule has 1 unspecified atom stereocenters. The number of carbonyl (C=O) groups excluding carboxylic acids is 2. The molecule has 1 atom stereocenters. The average molecular weight is 510 g/mol. The molecule has 2 aromatic carbocycles. The Morgan fingerprint density at radius 2 is 1.80 bits per heavy atom. The smallest absolute Gasteiger partial charge is 0.284 e. The fourth-order valence-corrected chi connectivity index (χ4v) is 5.46. The van der Waals surface area contributed by atoms with Gasteiger partial charge in [-0.1, -0.05) is 45.4 Å². The minimum absolute atomic E-state index is 0.0304. The molecule has 0 aliphatic carbocycles. The summed E-state index contributed by atoms with van der Waals surface area (Å²) >= 11 is 4.26. The van der Waals surface area contributed by atoms with Gasteiger partial charge in [-0.25, -0.2) is 0 Å². The van der Waals surface area contributed by atoms with Crippen molar-refractivity contribution < 1.29 is 18.0 Å². The van der Waals surface area contributed by atoms with Gasteiger partial charge < -0.3 is 5.32 Å². The maximum Gasteiger partial charge on any atom is 0.284 e. The summed E-state index contributed by atoms with van der Waals surface area (Å²) in [5.41, 5.74) is 1.71. The Balaban J connectivity index is 1.75. The van der Waals surface area contributed by atoms with Gasteiger partial charge in [0.15, 0.2) is 5.17 Å². The van der Waals surface area contributed by atoms with E-state index in [9.17, 15) is 18.0 Å². The number of benzene rings is 2. The molecule has 3 rings (SSSR count). The predicted molar refractivity (Wildman–Crippen MR) is 122 cm³/mol. The molecule has 2 aromatic rings. The first kappa shape index (κ1) is 22.5. The normalized spacial score (nSPS) is 18.1. The van der Waals surface area contributed by atoms with Crippen LogP contribution >= 0.6 is 27.7 Å². The van der Waals surface area contributed by atoms with Gasteiger partial charge in [0.25, 0.3) is 10.0 Å². The minimum atomic E-state index is -3.98. The summed E-state index contributed by atoms with van der Waals surface area (Å²) in [5.74, 6) is -0.649. The van der Waals surface area contributed by atoms with Crippen molar-refractivity contribution in [1.29, 1.82) is 0 Å². The van der Waals surface area contributed by atoms with Crippen LogP contribution in [0.5, 0.6) is 0 Å². The summed E-state index contributed by atoms with van der Waals surface area (Å²) in [4.78, 5) is 26.4. The molecule has 0 spiro atoms. The highest BCUT2D eigenvalue weighted by molar-refractivity contribution is 9.10. The zero-order valence-electron chi connectivity index (χ0n) is 16.3. The van der Waals surface area contributed by atoms with Crippen LogP contribution in [-0.4, -0.2) is 42.1 Å². The number of hydrogen-bond donors (Lipinski definition) is 1. The molecule has 0 aromatic heterocycles. The number of hydrogen-bond acceptors (Lipinski definition) is 5. The number of sulfonamides is 1. The molecular weight excluding hydrogens is 490 g/mol. The Bertz CT molecular complexity index is 1080. The van der Waals surface area contributed by atoms with E-state index in [4.69, 9.17) is 0 Å². The van der Waals surface area contributed by atoms with Crippen LogP contribution in [0, 0.1) is 6.92 Å². The van der Waals surface area contributed by atoms with E-state index in [1.165, 1.54) is 17.0 Å². The molecule has 158 valence electrons. The van der Waals surface area contributed by atoms with Gasteiger partial charge in [-0.15, -0.1) is 4.40 Å². The number of amides is 2. The third-order valence-electron chi connectivity index (χ3n) is 4.35. The molecule has 10 heteroatoms. The van der Waals surface area contributed by atoms with E-state index in [-0.39, 0.29) is 34.8 Å². The molecule has 7 nitrogen and oxygen atoms in total. The molecule has 0 radical (unpaired) electrons. The van der Waals surface area contributed by atoms with E-state index in [0.717, 1.165) is 21.8 Å². The van der Waals surface area contributed by atoms with Gasteiger partial charge in [0, 0.05) is 23.1 Å². The molecular formula is C20H20BrN3O4S2. The van der Waals surface area contributed by atoms with Crippen molar-refractivity contribution in [1.82, 2.24) is 4.90 Å². The van der Waals surface area contributed by atoms with E-state index in [2.05, 4.69) is 25.6 Å². The van der Waals surface area contributed by atoms with Crippen LogP contribution in [0.15, 0.2) is 62.3 Å². The number of rotatable bonds is 6. The lowest BCUT2D eigenvalue weighted by molar-refractivity contribution is -0.128. The fraction of sp³-hybridized carbons (Fsp3) is 0.250. The summed E-state index contributed by atoms with van der Waals surface area (Å²) < 4.78 is 29.9. The number of aryl methyl sites for hydroxylation is 1. The van der Waals surface area contributed by atoms with Crippen LogP contribution in [-0.2, 0) is 19.6 Å². The SMILES string of the molecule is CCN1C(=O)C(CC(=O)Nc2ccc(C)cc2)S/C1=N/S(=O)(=O)c1ccc(Br)cc1. The fourth-order valence-electron chi connectivity index (χ4n) is 2.78. The molecule has 1 heterocycles. The van der Waals surface area contributed by atoms with Gasteiger partial charge in [0.05, 0.1) is 4.90 Å². The number of anilines is 1. The molecule has 2 amide bonds. The first-order valence-corrected chi connectivity index (χ1v) is 12.3. The first-order chi connectivity index (χ1) is 14.2. The van der Waals surface area contributed by atoms with Crippen LogP contribution in [0.4, 0.5) is 5.69 Å². The standard InChI is InChI=1S/C20H20BrN3O4S2/c1-3-24-19(26)17(12-18(25)22-15-8-4-13(2)5-9-15)29-20(24)23-30(27,28)16-10-6-14(21)7-11-16/h4-11,17H,3,12H2,1-2H3,(H,22,25)/b23-20+. The summed E-state index contributed by atoms with van der Waals surface area (Å²) in [5, 5.41) is 2.11. The first-order valence-electron chi connectivity index (χ1n) is 9.14. The second kappa shape index (κ2) is 9.32. The number of carbonyl (C=O) groups is 2. The van der Waals surface area contributed by atoms with Crippen LogP contribution in [0.25, 0.3) is 0 Å². The van der Waals surface area contributed by atoms with Gasteiger partial charge in [0.1, 0.15) is 5.25 Å². The quantitative estimate of drug-likeness (QED) is 0.638. The lowest BCUT2D eigenvalue weighted by Gasteiger charge is -2.13. The van der Waals surface area contributed by atoms with E-state index in [0.29, 0.717) is 5.69 Å². The largest absolute Gasteiger partial charge is 0.326 e.